The van der Waals surface area contributed by atoms with E-state index in [1.807, 2.05) is 6.92 Å². The van der Waals surface area contributed by atoms with Gasteiger partial charge in [-0.25, -0.2) is 0 Å². The summed E-state index contributed by atoms with van der Waals surface area (Å²) in [4.78, 5) is 0. The van der Waals surface area contributed by atoms with E-state index in [0.717, 1.165) is 10.9 Å². The maximum atomic E-state index is 5.71. The van der Waals surface area contributed by atoms with Crippen molar-refractivity contribution in [3.05, 3.63) is 33.8 Å². The number of hydrogen-bond acceptors (Lipinski definition) is 1. The Morgan fingerprint density at radius 3 is 2.58 bits per heavy atom. The summed E-state index contributed by atoms with van der Waals surface area (Å²) in [7, 11) is 0. The van der Waals surface area contributed by atoms with E-state index in [1.54, 1.807) is 0 Å². The van der Waals surface area contributed by atoms with Gasteiger partial charge in [-0.3, -0.25) is 0 Å². The number of hydrogen-bond donors (Lipinski definition) is 1. The van der Waals surface area contributed by atoms with Crippen LogP contribution in [0.1, 0.15) is 18.1 Å². The van der Waals surface area contributed by atoms with Crippen LogP contribution >= 0.6 is 15.9 Å². The molecule has 12 heavy (non-hydrogen) atoms. The van der Waals surface area contributed by atoms with E-state index in [9.17, 15) is 0 Å². The molecule has 0 fully saturated rings. The molecular weight excluding hydrogens is 214 g/mol. The first-order valence-corrected chi connectivity index (χ1v) is 4.89. The van der Waals surface area contributed by atoms with Crippen molar-refractivity contribution >= 4 is 15.9 Å². The fourth-order valence-electron chi connectivity index (χ4n) is 1.30. The number of rotatable bonds is 2. The summed E-state index contributed by atoms with van der Waals surface area (Å²) < 4.78 is 1.14. The summed E-state index contributed by atoms with van der Waals surface area (Å²) in [5.41, 5.74) is 8.29. The van der Waals surface area contributed by atoms with E-state index < -0.39 is 0 Å². The molecule has 2 heteroatoms. The minimum Gasteiger partial charge on any atom is -0.328 e. The number of benzene rings is 1. The first kappa shape index (κ1) is 9.75. The molecule has 2 N–H and O–H groups in total. The van der Waals surface area contributed by atoms with Gasteiger partial charge in [0.1, 0.15) is 0 Å². The Morgan fingerprint density at radius 2 is 2.08 bits per heavy atom. The molecule has 0 spiro atoms. The summed E-state index contributed by atoms with van der Waals surface area (Å²) in [5.74, 6) is 0. The monoisotopic (exact) mass is 227 g/mol. The minimum absolute atomic E-state index is 0.235. The highest BCUT2D eigenvalue weighted by atomic mass is 79.9. The fraction of sp³-hybridized carbons (Fsp3) is 0.400. The third-order valence-electron chi connectivity index (χ3n) is 1.66. The van der Waals surface area contributed by atoms with Gasteiger partial charge in [-0.15, -0.1) is 0 Å². The summed E-state index contributed by atoms with van der Waals surface area (Å²) in [6.07, 6.45) is 0.945. The van der Waals surface area contributed by atoms with Crippen molar-refractivity contribution in [1.82, 2.24) is 0 Å². The van der Waals surface area contributed by atoms with Crippen LogP contribution in [-0.2, 0) is 6.42 Å². The van der Waals surface area contributed by atoms with Gasteiger partial charge in [0.15, 0.2) is 0 Å². The maximum absolute atomic E-state index is 5.71. The second kappa shape index (κ2) is 4.06. The van der Waals surface area contributed by atoms with E-state index in [0.29, 0.717) is 0 Å². The van der Waals surface area contributed by atoms with Gasteiger partial charge in [-0.1, -0.05) is 22.0 Å². The van der Waals surface area contributed by atoms with E-state index in [4.69, 9.17) is 5.73 Å². The molecule has 1 rings (SSSR count). The van der Waals surface area contributed by atoms with Crippen molar-refractivity contribution in [2.24, 2.45) is 5.73 Å². The molecule has 0 amide bonds. The highest BCUT2D eigenvalue weighted by Gasteiger charge is 1.99. The molecule has 1 aromatic rings. The molecule has 1 nitrogen and oxygen atoms in total. The predicted octanol–water partition coefficient (Wildman–Crippen LogP) is 2.65. The third kappa shape index (κ3) is 2.95. The number of nitrogens with two attached hydrogens (primary N) is 1. The van der Waals surface area contributed by atoms with E-state index in [2.05, 4.69) is 41.1 Å². The summed E-state index contributed by atoms with van der Waals surface area (Å²) >= 11 is 3.46. The van der Waals surface area contributed by atoms with Gasteiger partial charge in [0, 0.05) is 10.5 Å². The van der Waals surface area contributed by atoms with Gasteiger partial charge in [0.05, 0.1) is 0 Å². The summed E-state index contributed by atoms with van der Waals surface area (Å²) in [5, 5.41) is 0. The van der Waals surface area contributed by atoms with E-state index in [1.165, 1.54) is 11.1 Å². The van der Waals surface area contributed by atoms with Gasteiger partial charge < -0.3 is 5.73 Å². The molecule has 0 saturated heterocycles. The molecule has 66 valence electrons. The molecule has 0 radical (unpaired) electrons. The van der Waals surface area contributed by atoms with Crippen molar-refractivity contribution in [2.45, 2.75) is 26.3 Å². The van der Waals surface area contributed by atoms with Gasteiger partial charge in [-0.2, -0.15) is 0 Å². The van der Waals surface area contributed by atoms with Crippen LogP contribution in [0.4, 0.5) is 0 Å². The molecule has 0 aliphatic rings. The highest BCUT2D eigenvalue weighted by Crippen LogP contribution is 2.16. The summed E-state index contributed by atoms with van der Waals surface area (Å²) in [6, 6.07) is 6.63. The van der Waals surface area contributed by atoms with Crippen LogP contribution in [0, 0.1) is 6.92 Å². The SMILES string of the molecule is Cc1cc(Br)cc(C[C@@H](C)N)c1. The zero-order valence-electron chi connectivity index (χ0n) is 7.47. The average Bonchev–Trinajstić information content (AvgIpc) is 1.81. The topological polar surface area (TPSA) is 26.0 Å². The van der Waals surface area contributed by atoms with Gasteiger partial charge in [0.25, 0.3) is 0 Å². The second-order valence-electron chi connectivity index (χ2n) is 3.32. The van der Waals surface area contributed by atoms with Crippen molar-refractivity contribution in [3.63, 3.8) is 0 Å². The lowest BCUT2D eigenvalue weighted by atomic mass is 10.1. The lowest BCUT2D eigenvalue weighted by Gasteiger charge is -2.06. The van der Waals surface area contributed by atoms with E-state index >= 15 is 0 Å². The Balaban J connectivity index is 2.85. The molecular formula is C10H14BrN. The molecule has 0 bridgehead atoms. The molecule has 0 heterocycles. The van der Waals surface area contributed by atoms with Crippen LogP contribution < -0.4 is 5.73 Å². The van der Waals surface area contributed by atoms with Gasteiger partial charge in [0.2, 0.25) is 0 Å². The Kier molecular flexibility index (Phi) is 3.29. The molecule has 0 aliphatic heterocycles. The largest absolute Gasteiger partial charge is 0.328 e. The average molecular weight is 228 g/mol. The van der Waals surface area contributed by atoms with Crippen LogP contribution in [0.3, 0.4) is 0 Å². The smallest absolute Gasteiger partial charge is 0.0180 e. The molecule has 0 saturated carbocycles. The Labute approximate surface area is 82.1 Å². The zero-order valence-corrected chi connectivity index (χ0v) is 9.06. The third-order valence-corrected chi connectivity index (χ3v) is 2.12. The molecule has 0 unspecified atom stereocenters. The standard InChI is InChI=1S/C10H14BrN/c1-7-3-9(5-8(2)12)6-10(11)4-7/h3-4,6,8H,5,12H2,1-2H3/t8-/m1/s1. The van der Waals surface area contributed by atoms with E-state index in [-0.39, 0.29) is 6.04 Å². The highest BCUT2D eigenvalue weighted by molar-refractivity contribution is 9.10. The minimum atomic E-state index is 0.235. The fourth-order valence-corrected chi connectivity index (χ4v) is 1.96. The Hall–Kier alpha value is -0.340. The number of aryl methyl sites for hydroxylation is 1. The lowest BCUT2D eigenvalue weighted by molar-refractivity contribution is 0.737. The molecule has 1 aromatic carbocycles. The number of halogens is 1. The zero-order chi connectivity index (χ0) is 9.14. The van der Waals surface area contributed by atoms with Crippen molar-refractivity contribution in [1.29, 1.82) is 0 Å². The first-order valence-electron chi connectivity index (χ1n) is 4.09. The van der Waals surface area contributed by atoms with Crippen molar-refractivity contribution in [2.75, 3.05) is 0 Å². The van der Waals surface area contributed by atoms with Crippen molar-refractivity contribution in [3.8, 4) is 0 Å². The van der Waals surface area contributed by atoms with Crippen molar-refractivity contribution < 1.29 is 0 Å². The molecule has 0 aliphatic carbocycles. The van der Waals surface area contributed by atoms with Crippen LogP contribution in [0.5, 0.6) is 0 Å². The van der Waals surface area contributed by atoms with Crippen LogP contribution in [0.25, 0.3) is 0 Å². The molecule has 1 atom stereocenters. The normalized spacial score (nSPS) is 13.0. The van der Waals surface area contributed by atoms with Crippen LogP contribution in [-0.4, -0.2) is 6.04 Å². The maximum Gasteiger partial charge on any atom is 0.0180 e. The van der Waals surface area contributed by atoms with Crippen LogP contribution in [0.2, 0.25) is 0 Å². The predicted molar refractivity (Wildman–Crippen MR) is 56.2 cm³/mol. The van der Waals surface area contributed by atoms with Crippen LogP contribution in [0.15, 0.2) is 22.7 Å². The van der Waals surface area contributed by atoms with Gasteiger partial charge in [-0.05, 0) is 43.5 Å². The summed E-state index contributed by atoms with van der Waals surface area (Å²) in [6.45, 7) is 4.12. The Morgan fingerprint density at radius 1 is 1.42 bits per heavy atom. The quantitative estimate of drug-likeness (QED) is 0.827. The molecule has 0 aromatic heterocycles. The second-order valence-corrected chi connectivity index (χ2v) is 4.23. The van der Waals surface area contributed by atoms with Gasteiger partial charge >= 0.3 is 0 Å². The Bertz CT molecular complexity index is 248. The first-order chi connectivity index (χ1) is 5.58. The lowest BCUT2D eigenvalue weighted by Crippen LogP contribution is -2.17.